The van der Waals surface area contributed by atoms with Gasteiger partial charge in [-0.25, -0.2) is 0 Å². The molecule has 2 unspecified atom stereocenters. The van der Waals surface area contributed by atoms with Crippen molar-refractivity contribution in [2.75, 3.05) is 6.61 Å². The molecule has 0 bridgehead atoms. The Kier molecular flexibility index (Phi) is 3.02. The summed E-state index contributed by atoms with van der Waals surface area (Å²) in [4.78, 5) is 4.29. The summed E-state index contributed by atoms with van der Waals surface area (Å²) in [6, 6.07) is -0.187. The van der Waals surface area contributed by atoms with Gasteiger partial charge in [0.25, 0.3) is 0 Å². The summed E-state index contributed by atoms with van der Waals surface area (Å²) in [5, 5.41) is 3.91. The lowest BCUT2D eigenvalue weighted by atomic mass is 10.1. The van der Waals surface area contributed by atoms with Crippen LogP contribution in [0.1, 0.15) is 50.6 Å². The fourth-order valence-corrected chi connectivity index (χ4v) is 1.58. The van der Waals surface area contributed by atoms with Crippen molar-refractivity contribution >= 4 is 0 Å². The highest BCUT2D eigenvalue weighted by molar-refractivity contribution is 4.97. The predicted octanol–water partition coefficient (Wildman–Crippen LogP) is 1.58. The summed E-state index contributed by atoms with van der Waals surface area (Å²) in [6.07, 6.45) is 2.03. The second-order valence-corrected chi connectivity index (χ2v) is 4.26. The Labute approximate surface area is 89.0 Å². The van der Waals surface area contributed by atoms with E-state index in [1.165, 1.54) is 0 Å². The zero-order chi connectivity index (χ0) is 10.8. The van der Waals surface area contributed by atoms with Crippen LogP contribution in [0.2, 0.25) is 0 Å². The van der Waals surface area contributed by atoms with Gasteiger partial charge in [0.05, 0.1) is 6.04 Å². The lowest BCUT2D eigenvalue weighted by molar-refractivity contribution is 0.103. The van der Waals surface area contributed by atoms with Gasteiger partial charge < -0.3 is 15.0 Å². The molecule has 0 aliphatic carbocycles. The number of aromatic nitrogens is 2. The van der Waals surface area contributed by atoms with Crippen molar-refractivity contribution in [1.29, 1.82) is 0 Å². The summed E-state index contributed by atoms with van der Waals surface area (Å²) in [5.74, 6) is 1.44. The van der Waals surface area contributed by atoms with Gasteiger partial charge in [0, 0.05) is 6.61 Å². The summed E-state index contributed by atoms with van der Waals surface area (Å²) in [5.41, 5.74) is 5.91. The van der Waals surface area contributed by atoms with E-state index < -0.39 is 0 Å². The Bertz CT molecular complexity index is 302. The Balaban J connectivity index is 2.09. The van der Waals surface area contributed by atoms with Crippen LogP contribution in [-0.4, -0.2) is 16.7 Å². The van der Waals surface area contributed by atoms with Gasteiger partial charge in [-0.05, 0) is 18.8 Å². The molecule has 15 heavy (non-hydrogen) atoms. The molecule has 0 radical (unpaired) electrons. The smallest absolute Gasteiger partial charge is 0.243 e. The number of nitrogens with two attached hydrogens (primary N) is 1. The van der Waals surface area contributed by atoms with Gasteiger partial charge in [-0.15, -0.1) is 0 Å². The average Bonchev–Trinajstić information content (AvgIpc) is 2.86. The third-order valence-corrected chi connectivity index (χ3v) is 2.68. The number of rotatable bonds is 3. The van der Waals surface area contributed by atoms with E-state index in [9.17, 15) is 0 Å². The molecule has 1 aliphatic heterocycles. The van der Waals surface area contributed by atoms with Gasteiger partial charge in [0.1, 0.15) is 6.10 Å². The van der Waals surface area contributed by atoms with E-state index in [-0.39, 0.29) is 12.1 Å². The summed E-state index contributed by atoms with van der Waals surface area (Å²) in [6.45, 7) is 4.84. The number of nitrogens with zero attached hydrogens (tertiary/aromatic N) is 2. The van der Waals surface area contributed by atoms with E-state index in [1.807, 2.05) is 13.8 Å². The van der Waals surface area contributed by atoms with Crippen LogP contribution in [-0.2, 0) is 4.74 Å². The van der Waals surface area contributed by atoms with E-state index in [0.29, 0.717) is 17.6 Å². The molecular weight excluding hydrogens is 194 g/mol. The van der Waals surface area contributed by atoms with E-state index in [4.69, 9.17) is 15.0 Å². The van der Waals surface area contributed by atoms with Crippen molar-refractivity contribution in [3.05, 3.63) is 11.7 Å². The second kappa shape index (κ2) is 4.28. The first kappa shape index (κ1) is 10.6. The second-order valence-electron chi connectivity index (χ2n) is 4.26. The highest BCUT2D eigenvalue weighted by Gasteiger charge is 2.25. The first-order chi connectivity index (χ1) is 7.18. The topological polar surface area (TPSA) is 74.2 Å². The minimum Gasteiger partial charge on any atom is -0.370 e. The molecule has 1 saturated heterocycles. The third-order valence-electron chi connectivity index (χ3n) is 2.68. The molecule has 1 aromatic heterocycles. The van der Waals surface area contributed by atoms with Gasteiger partial charge in [0.15, 0.2) is 0 Å². The lowest BCUT2D eigenvalue weighted by Gasteiger charge is -2.09. The summed E-state index contributed by atoms with van der Waals surface area (Å²) >= 11 is 0. The molecule has 1 fully saturated rings. The Morgan fingerprint density at radius 3 is 2.87 bits per heavy atom. The summed E-state index contributed by atoms with van der Waals surface area (Å²) in [7, 11) is 0. The minimum atomic E-state index is -0.187. The zero-order valence-electron chi connectivity index (χ0n) is 9.14. The fraction of sp³-hybridized carbons (Fsp3) is 0.800. The fourth-order valence-electron chi connectivity index (χ4n) is 1.58. The SMILES string of the molecule is CC(C)C(N)c1nc(C2CCCO2)no1. The maximum atomic E-state index is 5.91. The number of hydrogen-bond acceptors (Lipinski definition) is 5. The lowest BCUT2D eigenvalue weighted by Crippen LogP contribution is -2.17. The van der Waals surface area contributed by atoms with E-state index in [2.05, 4.69) is 10.1 Å². The Morgan fingerprint density at radius 1 is 1.47 bits per heavy atom. The van der Waals surface area contributed by atoms with Crippen LogP contribution in [0.5, 0.6) is 0 Å². The van der Waals surface area contributed by atoms with Crippen molar-refractivity contribution in [1.82, 2.24) is 10.1 Å². The molecule has 84 valence electrons. The van der Waals surface area contributed by atoms with Crippen LogP contribution >= 0.6 is 0 Å². The van der Waals surface area contributed by atoms with Crippen LogP contribution < -0.4 is 5.73 Å². The molecule has 0 aromatic carbocycles. The molecule has 2 rings (SSSR count). The van der Waals surface area contributed by atoms with Crippen LogP contribution in [0, 0.1) is 5.92 Å². The van der Waals surface area contributed by atoms with E-state index in [1.54, 1.807) is 0 Å². The maximum Gasteiger partial charge on any atom is 0.243 e. The molecule has 0 spiro atoms. The van der Waals surface area contributed by atoms with Gasteiger partial charge in [-0.1, -0.05) is 19.0 Å². The highest BCUT2D eigenvalue weighted by Crippen LogP contribution is 2.27. The van der Waals surface area contributed by atoms with Crippen LogP contribution in [0.25, 0.3) is 0 Å². The monoisotopic (exact) mass is 211 g/mol. The van der Waals surface area contributed by atoms with Gasteiger partial charge in [-0.2, -0.15) is 4.98 Å². The van der Waals surface area contributed by atoms with Gasteiger partial charge in [-0.3, -0.25) is 0 Å². The minimum absolute atomic E-state index is 0.00172. The Morgan fingerprint density at radius 2 is 2.27 bits per heavy atom. The van der Waals surface area contributed by atoms with Gasteiger partial charge in [0.2, 0.25) is 11.7 Å². The number of ether oxygens (including phenoxy) is 1. The predicted molar refractivity (Wildman–Crippen MR) is 54.0 cm³/mol. The van der Waals surface area contributed by atoms with Crippen molar-refractivity contribution in [3.8, 4) is 0 Å². The molecule has 1 aromatic rings. The number of hydrogen-bond donors (Lipinski definition) is 1. The molecular formula is C10H17N3O2. The van der Waals surface area contributed by atoms with Crippen molar-refractivity contribution in [2.45, 2.75) is 38.8 Å². The van der Waals surface area contributed by atoms with Crippen LogP contribution in [0.15, 0.2) is 4.52 Å². The molecule has 2 N–H and O–H groups in total. The normalized spacial score (nSPS) is 23.6. The molecule has 0 amide bonds. The first-order valence-corrected chi connectivity index (χ1v) is 5.39. The third kappa shape index (κ3) is 2.18. The largest absolute Gasteiger partial charge is 0.370 e. The molecule has 2 atom stereocenters. The maximum absolute atomic E-state index is 5.91. The molecule has 2 heterocycles. The van der Waals surface area contributed by atoms with Crippen molar-refractivity contribution < 1.29 is 9.26 Å². The van der Waals surface area contributed by atoms with Crippen molar-refractivity contribution in [3.63, 3.8) is 0 Å². The van der Waals surface area contributed by atoms with E-state index in [0.717, 1.165) is 19.4 Å². The average molecular weight is 211 g/mol. The standard InChI is InChI=1S/C10H17N3O2/c1-6(2)8(11)10-12-9(13-15-10)7-4-3-5-14-7/h6-8H,3-5,11H2,1-2H3. The molecule has 0 saturated carbocycles. The van der Waals surface area contributed by atoms with Crippen LogP contribution in [0.3, 0.4) is 0 Å². The molecule has 5 heteroatoms. The first-order valence-electron chi connectivity index (χ1n) is 5.39. The quantitative estimate of drug-likeness (QED) is 0.821. The zero-order valence-corrected chi connectivity index (χ0v) is 9.14. The highest BCUT2D eigenvalue weighted by atomic mass is 16.5. The molecule has 1 aliphatic rings. The van der Waals surface area contributed by atoms with E-state index >= 15 is 0 Å². The summed E-state index contributed by atoms with van der Waals surface area (Å²) < 4.78 is 10.6. The van der Waals surface area contributed by atoms with Crippen LogP contribution in [0.4, 0.5) is 0 Å². The Hall–Kier alpha value is -0.940. The van der Waals surface area contributed by atoms with Gasteiger partial charge >= 0.3 is 0 Å². The molecule has 5 nitrogen and oxygen atoms in total. The van der Waals surface area contributed by atoms with Crippen molar-refractivity contribution in [2.24, 2.45) is 11.7 Å².